The van der Waals surface area contributed by atoms with Gasteiger partial charge in [-0.3, -0.25) is 0 Å². The number of hydrogen-bond acceptors (Lipinski definition) is 3. The molecule has 20 heavy (non-hydrogen) atoms. The average Bonchev–Trinajstić information content (AvgIpc) is 2.46. The van der Waals surface area contributed by atoms with E-state index in [-0.39, 0.29) is 0 Å². The van der Waals surface area contributed by atoms with Gasteiger partial charge in [0, 0.05) is 21.4 Å². The zero-order valence-corrected chi connectivity index (χ0v) is 13.7. The number of rotatable bonds is 5. The van der Waals surface area contributed by atoms with Crippen molar-refractivity contribution < 1.29 is 9.84 Å². The summed E-state index contributed by atoms with van der Waals surface area (Å²) in [6.07, 6.45) is -0.610. The molecule has 0 aliphatic rings. The van der Waals surface area contributed by atoms with E-state index in [1.165, 1.54) is 0 Å². The first-order valence-electron chi connectivity index (χ1n) is 6.43. The van der Waals surface area contributed by atoms with Crippen LogP contribution >= 0.6 is 22.6 Å². The topological polar surface area (TPSA) is 41.5 Å². The van der Waals surface area contributed by atoms with E-state index in [0.29, 0.717) is 12.3 Å². The molecule has 0 amide bonds. The van der Waals surface area contributed by atoms with Crippen molar-refractivity contribution in [1.29, 1.82) is 0 Å². The van der Waals surface area contributed by atoms with Crippen molar-refractivity contribution in [2.75, 3.05) is 19.0 Å². The van der Waals surface area contributed by atoms with Gasteiger partial charge in [0.25, 0.3) is 0 Å². The SMILES string of the molecule is COc1ccc(C)cc1C(O)CNc1ccccc1I. The summed E-state index contributed by atoms with van der Waals surface area (Å²) in [6, 6.07) is 13.8. The standard InChI is InChI=1S/C16H18INO2/c1-11-7-8-16(20-2)12(9-11)15(19)10-18-14-6-4-3-5-13(14)17/h3-9,15,18-19H,10H2,1-2H3. The fourth-order valence-electron chi connectivity index (χ4n) is 2.04. The molecule has 2 rings (SSSR count). The second-order valence-electron chi connectivity index (χ2n) is 4.62. The van der Waals surface area contributed by atoms with Crippen molar-refractivity contribution in [2.45, 2.75) is 13.0 Å². The van der Waals surface area contributed by atoms with Crippen LogP contribution in [0.5, 0.6) is 5.75 Å². The van der Waals surface area contributed by atoms with E-state index in [4.69, 9.17) is 4.74 Å². The second kappa shape index (κ2) is 6.95. The molecule has 0 saturated heterocycles. The van der Waals surface area contributed by atoms with Gasteiger partial charge in [-0.2, -0.15) is 0 Å². The molecular formula is C16H18INO2. The van der Waals surface area contributed by atoms with E-state index in [1.807, 2.05) is 49.4 Å². The summed E-state index contributed by atoms with van der Waals surface area (Å²) in [4.78, 5) is 0. The number of nitrogens with one attached hydrogen (secondary N) is 1. The van der Waals surface area contributed by atoms with E-state index in [0.717, 1.165) is 20.4 Å². The number of ether oxygens (including phenoxy) is 1. The third-order valence-corrected chi connectivity index (χ3v) is 4.04. The summed E-state index contributed by atoms with van der Waals surface area (Å²) in [5, 5.41) is 13.6. The van der Waals surface area contributed by atoms with Gasteiger partial charge in [-0.1, -0.05) is 23.8 Å². The summed E-state index contributed by atoms with van der Waals surface area (Å²) in [5.74, 6) is 0.715. The molecule has 2 aromatic carbocycles. The van der Waals surface area contributed by atoms with Crippen LogP contribution in [0.2, 0.25) is 0 Å². The van der Waals surface area contributed by atoms with Crippen LogP contribution in [0.4, 0.5) is 5.69 Å². The number of aryl methyl sites for hydroxylation is 1. The first-order chi connectivity index (χ1) is 9.61. The Hall–Kier alpha value is -1.27. The van der Waals surface area contributed by atoms with Crippen molar-refractivity contribution >= 4 is 28.3 Å². The van der Waals surface area contributed by atoms with Crippen LogP contribution in [0.3, 0.4) is 0 Å². The highest BCUT2D eigenvalue weighted by Gasteiger charge is 2.13. The number of para-hydroxylation sites is 1. The summed E-state index contributed by atoms with van der Waals surface area (Å²) in [5.41, 5.74) is 2.94. The van der Waals surface area contributed by atoms with E-state index in [1.54, 1.807) is 7.11 Å². The van der Waals surface area contributed by atoms with Gasteiger partial charge in [0.2, 0.25) is 0 Å². The molecule has 0 aliphatic heterocycles. The molecule has 2 aromatic rings. The van der Waals surface area contributed by atoms with Crippen LogP contribution in [0.1, 0.15) is 17.2 Å². The molecule has 1 atom stereocenters. The molecule has 1 unspecified atom stereocenters. The maximum absolute atomic E-state index is 10.4. The van der Waals surface area contributed by atoms with Gasteiger partial charge in [-0.05, 0) is 53.8 Å². The van der Waals surface area contributed by atoms with Crippen molar-refractivity contribution in [3.63, 3.8) is 0 Å². The molecule has 0 fully saturated rings. The summed E-state index contributed by atoms with van der Waals surface area (Å²) < 4.78 is 6.44. The third kappa shape index (κ3) is 3.64. The maximum Gasteiger partial charge on any atom is 0.124 e. The molecule has 0 aromatic heterocycles. The molecule has 0 heterocycles. The number of hydrogen-bond donors (Lipinski definition) is 2. The Morgan fingerprint density at radius 2 is 2.00 bits per heavy atom. The van der Waals surface area contributed by atoms with Crippen LogP contribution < -0.4 is 10.1 Å². The minimum absolute atomic E-state index is 0.444. The fraction of sp³-hybridized carbons (Fsp3) is 0.250. The lowest BCUT2D eigenvalue weighted by atomic mass is 10.1. The van der Waals surface area contributed by atoms with E-state index >= 15 is 0 Å². The van der Waals surface area contributed by atoms with E-state index in [2.05, 4.69) is 27.9 Å². The van der Waals surface area contributed by atoms with Crippen molar-refractivity contribution in [3.05, 3.63) is 57.2 Å². The first-order valence-corrected chi connectivity index (χ1v) is 7.50. The highest BCUT2D eigenvalue weighted by Crippen LogP contribution is 2.27. The Labute approximate surface area is 133 Å². The van der Waals surface area contributed by atoms with Crippen LogP contribution in [-0.4, -0.2) is 18.8 Å². The van der Waals surface area contributed by atoms with Crippen LogP contribution in [0, 0.1) is 10.5 Å². The van der Waals surface area contributed by atoms with Crippen LogP contribution in [0.25, 0.3) is 0 Å². The molecule has 4 heteroatoms. The lowest BCUT2D eigenvalue weighted by molar-refractivity contribution is 0.187. The number of methoxy groups -OCH3 is 1. The summed E-state index contributed by atoms with van der Waals surface area (Å²) >= 11 is 2.27. The van der Waals surface area contributed by atoms with Crippen molar-refractivity contribution in [3.8, 4) is 5.75 Å². The van der Waals surface area contributed by atoms with Crippen molar-refractivity contribution in [2.24, 2.45) is 0 Å². The molecule has 0 spiro atoms. The predicted octanol–water partition coefficient (Wildman–Crippen LogP) is 3.75. The highest BCUT2D eigenvalue weighted by atomic mass is 127. The first kappa shape index (κ1) is 15.1. The van der Waals surface area contributed by atoms with Gasteiger partial charge in [0.05, 0.1) is 13.2 Å². The fourth-order valence-corrected chi connectivity index (χ4v) is 2.61. The molecule has 0 bridgehead atoms. The Kier molecular flexibility index (Phi) is 5.25. The summed E-state index contributed by atoms with van der Waals surface area (Å²) in [7, 11) is 1.62. The van der Waals surface area contributed by atoms with Crippen LogP contribution in [0.15, 0.2) is 42.5 Å². The predicted molar refractivity (Wildman–Crippen MR) is 90.3 cm³/mol. The number of anilines is 1. The van der Waals surface area contributed by atoms with E-state index < -0.39 is 6.10 Å². The van der Waals surface area contributed by atoms with Gasteiger partial charge < -0.3 is 15.2 Å². The zero-order valence-electron chi connectivity index (χ0n) is 11.6. The number of aliphatic hydroxyl groups excluding tert-OH is 1. The van der Waals surface area contributed by atoms with Crippen molar-refractivity contribution in [1.82, 2.24) is 0 Å². The van der Waals surface area contributed by atoms with Crippen LogP contribution in [-0.2, 0) is 0 Å². The second-order valence-corrected chi connectivity index (χ2v) is 5.78. The molecule has 0 saturated carbocycles. The molecule has 2 N–H and O–H groups in total. The average molecular weight is 383 g/mol. The summed E-state index contributed by atoms with van der Waals surface area (Å²) in [6.45, 7) is 2.45. The van der Waals surface area contributed by atoms with E-state index in [9.17, 15) is 5.11 Å². The third-order valence-electron chi connectivity index (χ3n) is 3.10. The molecule has 3 nitrogen and oxygen atoms in total. The van der Waals surface area contributed by atoms with Gasteiger partial charge in [0.15, 0.2) is 0 Å². The number of aliphatic hydroxyl groups is 1. The largest absolute Gasteiger partial charge is 0.496 e. The molecule has 0 aliphatic carbocycles. The molecular weight excluding hydrogens is 365 g/mol. The monoisotopic (exact) mass is 383 g/mol. The smallest absolute Gasteiger partial charge is 0.124 e. The normalized spacial score (nSPS) is 12.0. The Morgan fingerprint density at radius 3 is 2.70 bits per heavy atom. The highest BCUT2D eigenvalue weighted by molar-refractivity contribution is 14.1. The zero-order chi connectivity index (χ0) is 14.5. The molecule has 0 radical (unpaired) electrons. The number of benzene rings is 2. The lowest BCUT2D eigenvalue weighted by Gasteiger charge is -2.17. The number of halogens is 1. The minimum atomic E-state index is -0.610. The lowest BCUT2D eigenvalue weighted by Crippen LogP contribution is -2.13. The quantitative estimate of drug-likeness (QED) is 0.773. The maximum atomic E-state index is 10.4. The Morgan fingerprint density at radius 1 is 1.25 bits per heavy atom. The van der Waals surface area contributed by atoms with Gasteiger partial charge in [-0.25, -0.2) is 0 Å². The Balaban J connectivity index is 2.11. The molecule has 106 valence electrons. The van der Waals surface area contributed by atoms with Gasteiger partial charge in [-0.15, -0.1) is 0 Å². The van der Waals surface area contributed by atoms with Gasteiger partial charge >= 0.3 is 0 Å². The minimum Gasteiger partial charge on any atom is -0.496 e. The Bertz CT molecular complexity index is 586. The van der Waals surface area contributed by atoms with Gasteiger partial charge in [0.1, 0.15) is 5.75 Å².